The Morgan fingerprint density at radius 1 is 1.28 bits per heavy atom. The number of ether oxygens (including phenoxy) is 3. The first kappa shape index (κ1) is 13.1. The fraction of sp³-hybridized carbons (Fsp3) is 0.500. The molecule has 0 atom stereocenters. The van der Waals surface area contributed by atoms with Gasteiger partial charge in [-0.25, -0.2) is 0 Å². The van der Waals surface area contributed by atoms with Gasteiger partial charge in [-0.2, -0.15) is 0 Å². The largest absolute Gasteiger partial charge is 0.469 e. The highest BCUT2D eigenvalue weighted by Gasteiger charge is 2.38. The number of methoxy groups -OCH3 is 1. The predicted octanol–water partition coefficient (Wildman–Crippen LogP) is 2.15. The van der Waals surface area contributed by atoms with Crippen molar-refractivity contribution < 1.29 is 19.0 Å². The smallest absolute Gasteiger partial charge is 0.305 e. The van der Waals surface area contributed by atoms with E-state index in [1.54, 1.807) is 0 Å². The topological polar surface area (TPSA) is 44.8 Å². The Morgan fingerprint density at radius 3 is 2.44 bits per heavy atom. The van der Waals surface area contributed by atoms with Crippen molar-refractivity contribution in [1.82, 2.24) is 0 Å². The summed E-state index contributed by atoms with van der Waals surface area (Å²) >= 11 is 0. The number of benzene rings is 1. The van der Waals surface area contributed by atoms with Gasteiger partial charge in [-0.3, -0.25) is 4.79 Å². The van der Waals surface area contributed by atoms with Crippen LogP contribution >= 0.6 is 0 Å². The predicted molar refractivity (Wildman–Crippen MR) is 66.0 cm³/mol. The zero-order chi connectivity index (χ0) is 13.0. The van der Waals surface area contributed by atoms with Gasteiger partial charge in [0.05, 0.1) is 26.7 Å². The molecule has 4 nitrogen and oxygen atoms in total. The molecule has 0 bridgehead atoms. The van der Waals surface area contributed by atoms with Gasteiger partial charge in [0.25, 0.3) is 0 Å². The van der Waals surface area contributed by atoms with Gasteiger partial charge in [-0.05, 0) is 6.92 Å². The van der Waals surface area contributed by atoms with Crippen molar-refractivity contribution >= 4 is 5.97 Å². The number of carbonyl (C=O) groups is 1. The highest BCUT2D eigenvalue weighted by molar-refractivity contribution is 5.69. The zero-order valence-electron chi connectivity index (χ0n) is 10.8. The molecule has 1 saturated heterocycles. The molecule has 1 aliphatic heterocycles. The van der Waals surface area contributed by atoms with E-state index in [-0.39, 0.29) is 12.4 Å². The summed E-state index contributed by atoms with van der Waals surface area (Å²) in [4.78, 5) is 11.3. The van der Waals surface area contributed by atoms with E-state index < -0.39 is 5.79 Å². The van der Waals surface area contributed by atoms with Crippen LogP contribution in [0, 0.1) is 6.92 Å². The summed E-state index contributed by atoms with van der Waals surface area (Å²) < 4.78 is 16.1. The van der Waals surface area contributed by atoms with Crippen LogP contribution in [0.5, 0.6) is 0 Å². The molecular formula is C14H18O4. The standard InChI is InChI=1S/C14H18O4/c1-11-3-5-12(6-4-11)14(17-9-10-18-14)8-7-13(15)16-2/h3-6H,7-10H2,1-2H3. The summed E-state index contributed by atoms with van der Waals surface area (Å²) in [5, 5.41) is 0. The Balaban J connectivity index is 2.16. The lowest BCUT2D eigenvalue weighted by Gasteiger charge is -2.27. The average Bonchev–Trinajstić information content (AvgIpc) is 2.87. The number of esters is 1. The third kappa shape index (κ3) is 2.71. The van der Waals surface area contributed by atoms with Crippen LogP contribution in [-0.2, 0) is 24.8 Å². The van der Waals surface area contributed by atoms with Crippen molar-refractivity contribution in [3.05, 3.63) is 35.4 Å². The quantitative estimate of drug-likeness (QED) is 0.768. The molecule has 1 fully saturated rings. The molecule has 1 aromatic carbocycles. The molecule has 18 heavy (non-hydrogen) atoms. The lowest BCUT2D eigenvalue weighted by molar-refractivity contribution is -0.177. The summed E-state index contributed by atoms with van der Waals surface area (Å²) in [6.07, 6.45) is 0.757. The first-order valence-electron chi connectivity index (χ1n) is 6.08. The summed E-state index contributed by atoms with van der Waals surface area (Å²) in [5.74, 6) is -1.04. The average molecular weight is 250 g/mol. The molecule has 2 rings (SSSR count). The number of hydrogen-bond donors (Lipinski definition) is 0. The Kier molecular flexibility index (Phi) is 3.99. The fourth-order valence-electron chi connectivity index (χ4n) is 2.09. The van der Waals surface area contributed by atoms with Crippen molar-refractivity contribution in [2.75, 3.05) is 20.3 Å². The van der Waals surface area contributed by atoms with Gasteiger partial charge in [0, 0.05) is 12.0 Å². The van der Waals surface area contributed by atoms with Gasteiger partial charge in [-0.15, -0.1) is 0 Å². The van der Waals surface area contributed by atoms with Gasteiger partial charge in [0.15, 0.2) is 5.79 Å². The van der Waals surface area contributed by atoms with E-state index in [4.69, 9.17) is 9.47 Å². The van der Waals surface area contributed by atoms with Crippen LogP contribution in [-0.4, -0.2) is 26.3 Å². The zero-order valence-corrected chi connectivity index (χ0v) is 10.8. The highest BCUT2D eigenvalue weighted by Crippen LogP contribution is 2.36. The lowest BCUT2D eigenvalue weighted by Crippen LogP contribution is -2.28. The van der Waals surface area contributed by atoms with Gasteiger partial charge in [0.1, 0.15) is 0 Å². The van der Waals surface area contributed by atoms with Crippen molar-refractivity contribution in [3.8, 4) is 0 Å². The molecular weight excluding hydrogens is 232 g/mol. The minimum Gasteiger partial charge on any atom is -0.469 e. The molecule has 4 heteroatoms. The third-order valence-electron chi connectivity index (χ3n) is 3.13. The fourth-order valence-corrected chi connectivity index (χ4v) is 2.09. The monoisotopic (exact) mass is 250 g/mol. The van der Waals surface area contributed by atoms with Crippen LogP contribution in [0.2, 0.25) is 0 Å². The van der Waals surface area contributed by atoms with Gasteiger partial charge in [-0.1, -0.05) is 29.8 Å². The Bertz CT molecular complexity index is 404. The molecule has 0 radical (unpaired) electrons. The number of aryl methyl sites for hydroxylation is 1. The Morgan fingerprint density at radius 2 is 1.89 bits per heavy atom. The molecule has 0 unspecified atom stereocenters. The van der Waals surface area contributed by atoms with Crippen molar-refractivity contribution in [2.45, 2.75) is 25.6 Å². The van der Waals surface area contributed by atoms with E-state index in [1.165, 1.54) is 12.7 Å². The van der Waals surface area contributed by atoms with E-state index >= 15 is 0 Å². The van der Waals surface area contributed by atoms with E-state index in [1.807, 2.05) is 31.2 Å². The van der Waals surface area contributed by atoms with Crippen LogP contribution in [0.25, 0.3) is 0 Å². The summed E-state index contributed by atoms with van der Waals surface area (Å²) in [5.41, 5.74) is 2.13. The summed E-state index contributed by atoms with van der Waals surface area (Å²) in [6, 6.07) is 8.00. The number of carbonyl (C=O) groups excluding carboxylic acids is 1. The minimum atomic E-state index is -0.790. The van der Waals surface area contributed by atoms with Gasteiger partial charge in [0.2, 0.25) is 0 Å². The second-order valence-corrected chi connectivity index (χ2v) is 4.39. The first-order valence-corrected chi connectivity index (χ1v) is 6.08. The molecule has 0 amide bonds. The third-order valence-corrected chi connectivity index (χ3v) is 3.13. The molecule has 0 saturated carbocycles. The summed E-state index contributed by atoms with van der Waals surface area (Å²) in [6.45, 7) is 3.13. The Hall–Kier alpha value is -1.39. The normalized spacial score (nSPS) is 17.7. The summed E-state index contributed by atoms with van der Waals surface area (Å²) in [7, 11) is 1.39. The molecule has 0 aliphatic carbocycles. The maximum absolute atomic E-state index is 11.3. The molecule has 0 spiro atoms. The molecule has 0 N–H and O–H groups in total. The van der Waals surface area contributed by atoms with Crippen molar-refractivity contribution in [1.29, 1.82) is 0 Å². The maximum atomic E-state index is 11.3. The van der Waals surface area contributed by atoms with Crippen LogP contribution in [0.15, 0.2) is 24.3 Å². The van der Waals surface area contributed by atoms with Crippen LogP contribution < -0.4 is 0 Å². The second-order valence-electron chi connectivity index (χ2n) is 4.39. The second kappa shape index (κ2) is 5.50. The van der Waals surface area contributed by atoms with Gasteiger partial charge >= 0.3 is 5.97 Å². The van der Waals surface area contributed by atoms with E-state index in [0.717, 1.165) is 5.56 Å². The van der Waals surface area contributed by atoms with E-state index in [0.29, 0.717) is 19.6 Å². The minimum absolute atomic E-state index is 0.249. The number of rotatable bonds is 4. The molecule has 1 heterocycles. The Labute approximate surface area is 107 Å². The molecule has 1 aromatic rings. The first-order chi connectivity index (χ1) is 8.66. The van der Waals surface area contributed by atoms with Crippen molar-refractivity contribution in [2.24, 2.45) is 0 Å². The number of hydrogen-bond acceptors (Lipinski definition) is 4. The lowest BCUT2D eigenvalue weighted by atomic mass is 9.99. The van der Waals surface area contributed by atoms with Crippen LogP contribution in [0.1, 0.15) is 24.0 Å². The van der Waals surface area contributed by atoms with E-state index in [2.05, 4.69) is 4.74 Å². The van der Waals surface area contributed by atoms with E-state index in [9.17, 15) is 4.79 Å². The van der Waals surface area contributed by atoms with Crippen LogP contribution in [0.3, 0.4) is 0 Å². The van der Waals surface area contributed by atoms with Crippen LogP contribution in [0.4, 0.5) is 0 Å². The molecule has 1 aliphatic rings. The molecule has 98 valence electrons. The SMILES string of the molecule is COC(=O)CCC1(c2ccc(C)cc2)OCCO1. The highest BCUT2D eigenvalue weighted by atomic mass is 16.7. The van der Waals surface area contributed by atoms with Gasteiger partial charge < -0.3 is 14.2 Å². The van der Waals surface area contributed by atoms with Crippen molar-refractivity contribution in [3.63, 3.8) is 0 Å². The maximum Gasteiger partial charge on any atom is 0.305 e. The molecule has 0 aromatic heterocycles.